The average Bonchev–Trinajstić information content (AvgIpc) is 2.72. The van der Waals surface area contributed by atoms with Crippen molar-refractivity contribution in [3.8, 4) is 0 Å². The van der Waals surface area contributed by atoms with Crippen molar-refractivity contribution in [2.24, 2.45) is 5.73 Å². The molecule has 0 bridgehead atoms. The predicted molar refractivity (Wildman–Crippen MR) is 65.2 cm³/mol. The fourth-order valence-corrected chi connectivity index (χ4v) is 1.56. The number of carbonyl (C=O) groups is 1. The zero-order valence-corrected chi connectivity index (χ0v) is 10.4. The molecule has 5 nitrogen and oxygen atoms in total. The van der Waals surface area contributed by atoms with E-state index in [1.54, 1.807) is 0 Å². The third-order valence-corrected chi connectivity index (χ3v) is 2.50. The Morgan fingerprint density at radius 1 is 1.41 bits per heavy atom. The maximum absolute atomic E-state index is 11.5. The van der Waals surface area contributed by atoms with Gasteiger partial charge in [-0.25, -0.2) is 0 Å². The van der Waals surface area contributed by atoms with Crippen LogP contribution < -0.4 is 11.1 Å². The number of nitrogens with zero attached hydrogens (tertiary/aromatic N) is 1. The standard InChI is InChI=1S/C12H21N3O2/c1-10-8-11(15-17-10)9-14-12(16)6-4-2-3-5-7-13/h8H,2-7,9,13H2,1H3,(H,14,16). The van der Waals surface area contributed by atoms with Crippen molar-refractivity contribution in [1.29, 1.82) is 0 Å². The minimum atomic E-state index is 0.0680. The normalized spacial score (nSPS) is 10.5. The average molecular weight is 239 g/mol. The van der Waals surface area contributed by atoms with Crippen LogP contribution in [-0.2, 0) is 11.3 Å². The van der Waals surface area contributed by atoms with Gasteiger partial charge in [-0.2, -0.15) is 0 Å². The third kappa shape index (κ3) is 6.06. The fourth-order valence-electron chi connectivity index (χ4n) is 1.56. The summed E-state index contributed by atoms with van der Waals surface area (Å²) in [6, 6.07) is 1.82. The molecule has 1 aromatic heterocycles. The highest BCUT2D eigenvalue weighted by atomic mass is 16.5. The van der Waals surface area contributed by atoms with E-state index in [4.69, 9.17) is 10.3 Å². The van der Waals surface area contributed by atoms with Crippen molar-refractivity contribution in [2.45, 2.75) is 45.6 Å². The van der Waals surface area contributed by atoms with Crippen molar-refractivity contribution >= 4 is 5.91 Å². The lowest BCUT2D eigenvalue weighted by molar-refractivity contribution is -0.121. The molecule has 0 aliphatic rings. The first-order chi connectivity index (χ1) is 8.22. The number of aromatic nitrogens is 1. The van der Waals surface area contributed by atoms with Crippen molar-refractivity contribution in [2.75, 3.05) is 6.54 Å². The number of nitrogens with one attached hydrogen (secondary N) is 1. The minimum Gasteiger partial charge on any atom is -0.361 e. The van der Waals surface area contributed by atoms with Crippen molar-refractivity contribution in [3.63, 3.8) is 0 Å². The molecule has 0 aromatic carbocycles. The van der Waals surface area contributed by atoms with Crippen LogP contribution in [0.25, 0.3) is 0 Å². The smallest absolute Gasteiger partial charge is 0.220 e. The summed E-state index contributed by atoms with van der Waals surface area (Å²) in [5.41, 5.74) is 6.15. The molecule has 0 unspecified atom stereocenters. The molecule has 0 aliphatic heterocycles. The molecule has 0 fully saturated rings. The van der Waals surface area contributed by atoms with Crippen molar-refractivity contribution in [3.05, 3.63) is 17.5 Å². The lowest BCUT2D eigenvalue weighted by Gasteiger charge is -2.02. The Morgan fingerprint density at radius 3 is 2.82 bits per heavy atom. The van der Waals surface area contributed by atoms with Crippen LogP contribution in [0.15, 0.2) is 10.6 Å². The van der Waals surface area contributed by atoms with E-state index < -0.39 is 0 Å². The van der Waals surface area contributed by atoms with Gasteiger partial charge in [0.15, 0.2) is 0 Å². The molecule has 3 N–H and O–H groups in total. The predicted octanol–water partition coefficient (Wildman–Crippen LogP) is 1.51. The van der Waals surface area contributed by atoms with Gasteiger partial charge in [0.1, 0.15) is 11.5 Å². The molecule has 1 heterocycles. The molecule has 5 heteroatoms. The molecule has 0 saturated heterocycles. The van der Waals surface area contributed by atoms with Gasteiger partial charge in [0.2, 0.25) is 5.91 Å². The largest absolute Gasteiger partial charge is 0.361 e. The quantitative estimate of drug-likeness (QED) is 0.674. The molecule has 0 atom stereocenters. The van der Waals surface area contributed by atoms with Gasteiger partial charge in [-0.15, -0.1) is 0 Å². The number of unbranched alkanes of at least 4 members (excludes halogenated alkanes) is 3. The van der Waals surface area contributed by atoms with Crippen molar-refractivity contribution < 1.29 is 9.32 Å². The number of hydrogen-bond donors (Lipinski definition) is 2. The Bertz CT molecular complexity index is 336. The van der Waals surface area contributed by atoms with Crippen LogP contribution in [-0.4, -0.2) is 17.6 Å². The number of nitrogens with two attached hydrogens (primary N) is 1. The Balaban J connectivity index is 2.05. The van der Waals surface area contributed by atoms with Crippen LogP contribution in [0.4, 0.5) is 0 Å². The first kappa shape index (κ1) is 13.7. The van der Waals surface area contributed by atoms with Crippen molar-refractivity contribution in [1.82, 2.24) is 10.5 Å². The van der Waals surface area contributed by atoms with Crippen LogP contribution in [0.5, 0.6) is 0 Å². The van der Waals surface area contributed by atoms with Gasteiger partial charge >= 0.3 is 0 Å². The molecule has 0 saturated carbocycles. The molecule has 1 aromatic rings. The monoisotopic (exact) mass is 239 g/mol. The summed E-state index contributed by atoms with van der Waals surface area (Å²) in [4.78, 5) is 11.5. The number of hydrogen-bond acceptors (Lipinski definition) is 4. The summed E-state index contributed by atoms with van der Waals surface area (Å²) in [7, 11) is 0. The van der Waals surface area contributed by atoms with E-state index in [-0.39, 0.29) is 5.91 Å². The van der Waals surface area contributed by atoms with Gasteiger partial charge in [-0.3, -0.25) is 4.79 Å². The Kier molecular flexibility index (Phi) is 6.32. The van der Waals surface area contributed by atoms with Gasteiger partial charge in [-0.05, 0) is 26.3 Å². The van der Waals surface area contributed by atoms with Crippen LogP contribution in [0.3, 0.4) is 0 Å². The molecule has 96 valence electrons. The molecule has 0 spiro atoms. The second-order valence-electron chi connectivity index (χ2n) is 4.16. The third-order valence-electron chi connectivity index (χ3n) is 2.50. The SMILES string of the molecule is Cc1cc(CNC(=O)CCCCCCN)no1. The number of amides is 1. The first-order valence-electron chi connectivity index (χ1n) is 6.11. The topological polar surface area (TPSA) is 81.2 Å². The first-order valence-corrected chi connectivity index (χ1v) is 6.11. The molecule has 17 heavy (non-hydrogen) atoms. The second-order valence-corrected chi connectivity index (χ2v) is 4.16. The molecule has 1 rings (SSSR count). The van der Waals surface area contributed by atoms with Gasteiger partial charge in [0.25, 0.3) is 0 Å². The summed E-state index contributed by atoms with van der Waals surface area (Å²) in [6.45, 7) is 3.01. The van der Waals surface area contributed by atoms with Crippen LogP contribution in [0.2, 0.25) is 0 Å². The molecular formula is C12H21N3O2. The van der Waals surface area contributed by atoms with E-state index in [0.717, 1.165) is 43.7 Å². The summed E-state index contributed by atoms with van der Waals surface area (Å²) >= 11 is 0. The molecular weight excluding hydrogens is 218 g/mol. The summed E-state index contributed by atoms with van der Waals surface area (Å²) < 4.78 is 4.91. The number of aryl methyl sites for hydroxylation is 1. The summed E-state index contributed by atoms with van der Waals surface area (Å²) in [5.74, 6) is 0.828. The van der Waals surface area contributed by atoms with E-state index in [9.17, 15) is 4.79 Å². The van der Waals surface area contributed by atoms with E-state index >= 15 is 0 Å². The fraction of sp³-hybridized carbons (Fsp3) is 0.667. The maximum atomic E-state index is 11.5. The number of rotatable bonds is 8. The lowest BCUT2D eigenvalue weighted by Crippen LogP contribution is -2.22. The zero-order valence-electron chi connectivity index (χ0n) is 10.4. The Morgan fingerprint density at radius 2 is 2.18 bits per heavy atom. The second kappa shape index (κ2) is 7.84. The van der Waals surface area contributed by atoms with Crippen LogP contribution in [0.1, 0.15) is 43.6 Å². The van der Waals surface area contributed by atoms with E-state index in [1.807, 2.05) is 13.0 Å². The summed E-state index contributed by atoms with van der Waals surface area (Å²) in [5, 5.41) is 6.62. The highest BCUT2D eigenvalue weighted by Crippen LogP contribution is 2.03. The number of carbonyl (C=O) groups excluding carboxylic acids is 1. The van der Waals surface area contributed by atoms with Gasteiger partial charge in [0.05, 0.1) is 6.54 Å². The highest BCUT2D eigenvalue weighted by Gasteiger charge is 2.03. The maximum Gasteiger partial charge on any atom is 0.220 e. The van der Waals surface area contributed by atoms with Gasteiger partial charge < -0.3 is 15.6 Å². The van der Waals surface area contributed by atoms with E-state index in [0.29, 0.717) is 13.0 Å². The lowest BCUT2D eigenvalue weighted by atomic mass is 10.1. The van der Waals surface area contributed by atoms with Gasteiger partial charge in [-0.1, -0.05) is 18.0 Å². The molecule has 1 amide bonds. The summed E-state index contributed by atoms with van der Waals surface area (Å²) in [6.07, 6.45) is 4.70. The van der Waals surface area contributed by atoms with E-state index in [1.165, 1.54) is 0 Å². The van der Waals surface area contributed by atoms with Gasteiger partial charge in [0, 0.05) is 12.5 Å². The highest BCUT2D eigenvalue weighted by molar-refractivity contribution is 5.75. The zero-order chi connectivity index (χ0) is 12.5. The van der Waals surface area contributed by atoms with Crippen LogP contribution >= 0.6 is 0 Å². The molecule has 0 radical (unpaired) electrons. The minimum absolute atomic E-state index is 0.0680. The Labute approximate surface area is 102 Å². The van der Waals surface area contributed by atoms with E-state index in [2.05, 4.69) is 10.5 Å². The molecule has 0 aliphatic carbocycles. The van der Waals surface area contributed by atoms with Crippen LogP contribution in [0, 0.1) is 6.92 Å². The Hall–Kier alpha value is -1.36.